The highest BCUT2D eigenvalue weighted by atomic mass is 16.5. The van der Waals surface area contributed by atoms with E-state index in [-0.39, 0.29) is 17.3 Å². The maximum absolute atomic E-state index is 11.6. The van der Waals surface area contributed by atoms with Crippen molar-refractivity contribution in [3.05, 3.63) is 17.5 Å². The molecule has 6 heteroatoms. The van der Waals surface area contributed by atoms with Gasteiger partial charge in [0.2, 0.25) is 6.10 Å². The predicted octanol–water partition coefficient (Wildman–Crippen LogP) is 0.630. The number of amides is 1. The minimum absolute atomic E-state index is 0.0799. The molecule has 1 unspecified atom stereocenters. The summed E-state index contributed by atoms with van der Waals surface area (Å²) in [6, 6.07) is -0.0799. The summed E-state index contributed by atoms with van der Waals surface area (Å²) in [4.78, 5) is 15.2. The molecule has 0 saturated carbocycles. The van der Waals surface area contributed by atoms with E-state index in [1.165, 1.54) is 0 Å². The molecule has 0 fully saturated rings. The Hall–Kier alpha value is -1.85. The molecule has 17 heavy (non-hydrogen) atoms. The number of amidine groups is 1. The van der Waals surface area contributed by atoms with Crippen LogP contribution in [0.5, 0.6) is 0 Å². The van der Waals surface area contributed by atoms with Crippen molar-refractivity contribution in [2.45, 2.75) is 32.3 Å². The van der Waals surface area contributed by atoms with E-state index >= 15 is 0 Å². The summed E-state index contributed by atoms with van der Waals surface area (Å²) in [7, 11) is 1.81. The number of carbonyl (C=O) groups is 1. The molecule has 0 spiro atoms. The van der Waals surface area contributed by atoms with Crippen LogP contribution in [-0.4, -0.2) is 21.7 Å². The second-order valence-corrected chi connectivity index (χ2v) is 5.14. The molecule has 92 valence electrons. The molecule has 2 N–H and O–H groups in total. The average Bonchev–Trinajstić information content (AvgIpc) is 2.68. The molecule has 0 aliphatic carbocycles. The van der Waals surface area contributed by atoms with Crippen LogP contribution in [-0.2, 0) is 22.0 Å². The molecule has 6 nitrogen and oxygen atoms in total. The third-order valence-electron chi connectivity index (χ3n) is 2.53. The highest BCUT2D eigenvalue weighted by Crippen LogP contribution is 2.32. The zero-order valence-electron chi connectivity index (χ0n) is 10.4. The molecule has 1 atom stereocenters. The fourth-order valence-corrected chi connectivity index (χ4v) is 1.84. The zero-order valence-corrected chi connectivity index (χ0v) is 10.4. The molecule has 1 aliphatic heterocycles. The van der Waals surface area contributed by atoms with Gasteiger partial charge in [0.05, 0.1) is 5.69 Å². The molecular weight excluding hydrogens is 220 g/mol. The van der Waals surface area contributed by atoms with Gasteiger partial charge in [-0.3, -0.25) is 9.48 Å². The van der Waals surface area contributed by atoms with Crippen LogP contribution in [0, 0.1) is 0 Å². The molecule has 2 rings (SSSR count). The Labute approximate surface area is 99.5 Å². The van der Waals surface area contributed by atoms with Gasteiger partial charge in [-0.2, -0.15) is 10.1 Å². The van der Waals surface area contributed by atoms with Crippen LogP contribution < -0.4 is 5.73 Å². The quantitative estimate of drug-likeness (QED) is 0.775. The summed E-state index contributed by atoms with van der Waals surface area (Å²) in [6.07, 6.45) is 1.02. The molecule has 1 aromatic rings. The topological polar surface area (TPSA) is 82.5 Å². The molecule has 1 amide bonds. The van der Waals surface area contributed by atoms with E-state index in [1.54, 1.807) is 10.9 Å². The van der Waals surface area contributed by atoms with E-state index in [9.17, 15) is 4.79 Å². The van der Waals surface area contributed by atoms with Crippen LogP contribution in [0.2, 0.25) is 0 Å². The van der Waals surface area contributed by atoms with Gasteiger partial charge in [-0.1, -0.05) is 20.8 Å². The van der Waals surface area contributed by atoms with E-state index in [4.69, 9.17) is 10.5 Å². The fourth-order valence-electron chi connectivity index (χ4n) is 1.84. The molecule has 0 saturated heterocycles. The lowest BCUT2D eigenvalue weighted by atomic mass is 9.88. The molecule has 2 heterocycles. The average molecular weight is 236 g/mol. The number of rotatable bonds is 1. The Morgan fingerprint density at radius 3 is 2.59 bits per heavy atom. The van der Waals surface area contributed by atoms with Crippen LogP contribution in [0.15, 0.2) is 11.2 Å². The molecular formula is C11H16N4O2. The highest BCUT2D eigenvalue weighted by Gasteiger charge is 2.35. The van der Waals surface area contributed by atoms with E-state index in [0.29, 0.717) is 0 Å². The normalized spacial score (nSPS) is 20.4. The molecule has 1 aliphatic rings. The predicted molar refractivity (Wildman–Crippen MR) is 62.4 cm³/mol. The first-order valence-electron chi connectivity index (χ1n) is 5.37. The van der Waals surface area contributed by atoms with Gasteiger partial charge in [-0.05, 0) is 0 Å². The van der Waals surface area contributed by atoms with Gasteiger partial charge < -0.3 is 10.5 Å². The second kappa shape index (κ2) is 3.58. The smallest absolute Gasteiger partial charge is 0.296 e. The van der Waals surface area contributed by atoms with Crippen molar-refractivity contribution in [2.24, 2.45) is 17.8 Å². The lowest BCUT2D eigenvalue weighted by molar-refractivity contribution is -0.122. The second-order valence-electron chi connectivity index (χ2n) is 5.14. The zero-order chi connectivity index (χ0) is 12.8. The van der Waals surface area contributed by atoms with Gasteiger partial charge in [0.15, 0.2) is 0 Å². The lowest BCUT2D eigenvalue weighted by Gasteiger charge is -2.19. The van der Waals surface area contributed by atoms with E-state index < -0.39 is 6.10 Å². The SMILES string of the molecule is Cn1cc(C2OC(N)=NC2=O)c(C(C)(C)C)n1. The summed E-state index contributed by atoms with van der Waals surface area (Å²) >= 11 is 0. The van der Waals surface area contributed by atoms with Crippen LogP contribution in [0.3, 0.4) is 0 Å². The van der Waals surface area contributed by atoms with Gasteiger partial charge in [-0.25, -0.2) is 0 Å². The number of hydrogen-bond acceptors (Lipinski definition) is 4. The summed E-state index contributed by atoms with van der Waals surface area (Å²) in [6.45, 7) is 6.09. The lowest BCUT2D eigenvalue weighted by Crippen LogP contribution is -2.19. The molecule has 0 bridgehead atoms. The Bertz CT molecular complexity index is 496. The number of hydrogen-bond donors (Lipinski definition) is 1. The third kappa shape index (κ3) is 2.02. The summed E-state index contributed by atoms with van der Waals surface area (Å²) in [5.41, 5.74) is 6.78. The Morgan fingerprint density at radius 1 is 1.47 bits per heavy atom. The number of aromatic nitrogens is 2. The number of ether oxygens (including phenoxy) is 1. The minimum Gasteiger partial charge on any atom is -0.446 e. The third-order valence-corrected chi connectivity index (χ3v) is 2.53. The van der Waals surface area contributed by atoms with Gasteiger partial charge in [0, 0.05) is 24.2 Å². The standard InChI is InChI=1S/C11H16N4O2/c1-11(2,3)8-6(5-15(4)14-8)7-9(16)13-10(12)17-7/h5,7H,1-4H3,(H2,12,13,16). The Kier molecular flexibility index (Phi) is 2.45. The van der Waals surface area contributed by atoms with Crippen molar-refractivity contribution >= 4 is 11.9 Å². The van der Waals surface area contributed by atoms with Crippen molar-refractivity contribution in [1.82, 2.24) is 9.78 Å². The number of carbonyl (C=O) groups excluding carboxylic acids is 1. The first kappa shape index (κ1) is 11.6. The van der Waals surface area contributed by atoms with Crippen molar-refractivity contribution in [3.8, 4) is 0 Å². The van der Waals surface area contributed by atoms with Crippen LogP contribution in [0.25, 0.3) is 0 Å². The largest absolute Gasteiger partial charge is 0.446 e. The molecule has 0 aromatic carbocycles. The minimum atomic E-state index is -0.752. The summed E-state index contributed by atoms with van der Waals surface area (Å²) < 4.78 is 6.90. The van der Waals surface area contributed by atoms with Crippen LogP contribution in [0.4, 0.5) is 0 Å². The van der Waals surface area contributed by atoms with Gasteiger partial charge in [0.25, 0.3) is 11.9 Å². The van der Waals surface area contributed by atoms with E-state index in [1.807, 2.05) is 27.8 Å². The van der Waals surface area contributed by atoms with E-state index in [2.05, 4.69) is 10.1 Å². The summed E-state index contributed by atoms with van der Waals surface area (Å²) in [5.74, 6) is -0.374. The maximum Gasteiger partial charge on any atom is 0.296 e. The Morgan fingerprint density at radius 2 is 2.12 bits per heavy atom. The van der Waals surface area contributed by atoms with Crippen molar-refractivity contribution in [3.63, 3.8) is 0 Å². The van der Waals surface area contributed by atoms with Gasteiger partial charge >= 0.3 is 0 Å². The number of aryl methyl sites for hydroxylation is 1. The number of aliphatic imine (C=N–C) groups is 1. The fraction of sp³-hybridized carbons (Fsp3) is 0.545. The Balaban J connectivity index is 2.44. The first-order valence-corrected chi connectivity index (χ1v) is 5.37. The summed E-state index contributed by atoms with van der Waals surface area (Å²) in [5, 5.41) is 4.38. The van der Waals surface area contributed by atoms with Crippen molar-refractivity contribution in [2.75, 3.05) is 0 Å². The van der Waals surface area contributed by atoms with Crippen molar-refractivity contribution < 1.29 is 9.53 Å². The van der Waals surface area contributed by atoms with E-state index in [0.717, 1.165) is 11.3 Å². The maximum atomic E-state index is 11.6. The monoisotopic (exact) mass is 236 g/mol. The molecule has 0 radical (unpaired) electrons. The van der Waals surface area contributed by atoms with Gasteiger partial charge in [0.1, 0.15) is 0 Å². The van der Waals surface area contributed by atoms with Crippen LogP contribution >= 0.6 is 0 Å². The number of nitrogens with zero attached hydrogens (tertiary/aromatic N) is 3. The first-order chi connectivity index (χ1) is 7.79. The highest BCUT2D eigenvalue weighted by molar-refractivity contribution is 5.98. The van der Waals surface area contributed by atoms with Crippen molar-refractivity contribution in [1.29, 1.82) is 0 Å². The van der Waals surface area contributed by atoms with Gasteiger partial charge in [-0.15, -0.1) is 0 Å². The van der Waals surface area contributed by atoms with Crippen LogP contribution in [0.1, 0.15) is 38.1 Å². The number of nitrogens with two attached hydrogens (primary N) is 1. The molecule has 1 aromatic heterocycles.